The quantitative estimate of drug-likeness (QED) is 0.545. The van der Waals surface area contributed by atoms with Crippen LogP contribution >= 0.6 is 11.3 Å². The summed E-state index contributed by atoms with van der Waals surface area (Å²) in [5, 5.41) is 11.9. The lowest BCUT2D eigenvalue weighted by molar-refractivity contribution is -0.111. The van der Waals surface area contributed by atoms with Crippen LogP contribution in [0.1, 0.15) is 5.56 Å². The molecule has 0 aliphatic carbocycles. The predicted octanol–water partition coefficient (Wildman–Crippen LogP) is 3.89. The first-order valence-electron chi connectivity index (χ1n) is 8.85. The summed E-state index contributed by atoms with van der Waals surface area (Å²) < 4.78 is 21.2. The van der Waals surface area contributed by atoms with Crippen molar-refractivity contribution in [1.29, 1.82) is 0 Å². The van der Waals surface area contributed by atoms with Gasteiger partial charge in [0.1, 0.15) is 10.8 Å². The maximum absolute atomic E-state index is 12.3. The number of ether oxygens (including phenoxy) is 4. The zero-order valence-electron chi connectivity index (χ0n) is 17.0. The Morgan fingerprint density at radius 3 is 2.27 bits per heavy atom. The number of nitrogens with zero attached hydrogens (tertiary/aromatic N) is 2. The zero-order chi connectivity index (χ0) is 21.5. The van der Waals surface area contributed by atoms with Crippen molar-refractivity contribution in [3.63, 3.8) is 0 Å². The number of rotatable bonds is 8. The molecule has 2 aromatic carbocycles. The molecule has 30 heavy (non-hydrogen) atoms. The highest BCUT2D eigenvalue weighted by Crippen LogP contribution is 2.40. The maximum atomic E-state index is 12.3. The Bertz CT molecular complexity index is 1050. The second-order valence-electron chi connectivity index (χ2n) is 5.89. The molecule has 3 rings (SSSR count). The van der Waals surface area contributed by atoms with Crippen molar-refractivity contribution in [3.05, 3.63) is 48.0 Å². The van der Waals surface area contributed by atoms with Gasteiger partial charge in [-0.05, 0) is 42.5 Å². The fourth-order valence-electron chi connectivity index (χ4n) is 2.69. The van der Waals surface area contributed by atoms with Gasteiger partial charge >= 0.3 is 0 Å². The minimum Gasteiger partial charge on any atom is -0.497 e. The molecule has 0 spiro atoms. The highest BCUT2D eigenvalue weighted by atomic mass is 32.1. The first-order chi connectivity index (χ1) is 14.6. The zero-order valence-corrected chi connectivity index (χ0v) is 17.8. The number of nitrogens with one attached hydrogen (secondary N) is 1. The summed E-state index contributed by atoms with van der Waals surface area (Å²) in [6, 6.07) is 11.0. The number of aromatic nitrogens is 2. The van der Waals surface area contributed by atoms with Gasteiger partial charge in [0.05, 0.1) is 28.4 Å². The van der Waals surface area contributed by atoms with Crippen LogP contribution in [0.2, 0.25) is 0 Å². The van der Waals surface area contributed by atoms with E-state index >= 15 is 0 Å². The van der Waals surface area contributed by atoms with E-state index in [9.17, 15) is 4.79 Å². The van der Waals surface area contributed by atoms with Crippen LogP contribution in [0.3, 0.4) is 0 Å². The molecule has 1 heterocycles. The number of hydrogen-bond acceptors (Lipinski definition) is 8. The summed E-state index contributed by atoms with van der Waals surface area (Å²) in [6.07, 6.45) is 3.01. The van der Waals surface area contributed by atoms with Crippen LogP contribution in [0, 0.1) is 0 Å². The van der Waals surface area contributed by atoms with E-state index in [1.807, 2.05) is 24.3 Å². The SMILES string of the molecule is COc1ccc(-c2nnc(NC(=O)/C=C/c3ccc(OC)c(OC)c3OC)s2)cc1. The molecule has 0 bridgehead atoms. The van der Waals surface area contributed by atoms with E-state index in [1.165, 1.54) is 31.6 Å². The Labute approximate surface area is 178 Å². The van der Waals surface area contributed by atoms with Crippen molar-refractivity contribution < 1.29 is 23.7 Å². The van der Waals surface area contributed by atoms with Gasteiger partial charge < -0.3 is 18.9 Å². The van der Waals surface area contributed by atoms with E-state index < -0.39 is 0 Å². The molecule has 0 unspecified atom stereocenters. The third-order valence-electron chi connectivity index (χ3n) is 4.14. The Morgan fingerprint density at radius 2 is 1.63 bits per heavy atom. The van der Waals surface area contributed by atoms with Crippen LogP contribution < -0.4 is 24.3 Å². The summed E-state index contributed by atoms with van der Waals surface area (Å²) >= 11 is 1.28. The van der Waals surface area contributed by atoms with Gasteiger partial charge in [-0.1, -0.05) is 11.3 Å². The van der Waals surface area contributed by atoms with Crippen LogP contribution in [0.5, 0.6) is 23.0 Å². The molecule has 0 radical (unpaired) electrons. The van der Waals surface area contributed by atoms with Gasteiger partial charge in [-0.2, -0.15) is 0 Å². The van der Waals surface area contributed by atoms with Gasteiger partial charge in [-0.15, -0.1) is 10.2 Å². The van der Waals surface area contributed by atoms with Crippen molar-refractivity contribution in [2.24, 2.45) is 0 Å². The molecule has 8 nitrogen and oxygen atoms in total. The molecule has 3 aromatic rings. The Kier molecular flexibility index (Phi) is 6.87. The number of amides is 1. The normalized spacial score (nSPS) is 10.7. The summed E-state index contributed by atoms with van der Waals surface area (Å²) in [7, 11) is 6.20. The third kappa shape index (κ3) is 4.69. The summed E-state index contributed by atoms with van der Waals surface area (Å²) in [6.45, 7) is 0. The molecule has 1 N–H and O–H groups in total. The van der Waals surface area contributed by atoms with Gasteiger partial charge in [0.25, 0.3) is 0 Å². The van der Waals surface area contributed by atoms with E-state index in [0.717, 1.165) is 11.3 Å². The van der Waals surface area contributed by atoms with E-state index in [0.29, 0.717) is 33.0 Å². The van der Waals surface area contributed by atoms with Gasteiger partial charge in [0.2, 0.25) is 16.8 Å². The lowest BCUT2D eigenvalue weighted by Crippen LogP contribution is -2.07. The fourth-order valence-corrected chi connectivity index (χ4v) is 3.44. The van der Waals surface area contributed by atoms with E-state index in [1.54, 1.807) is 32.4 Å². The van der Waals surface area contributed by atoms with Crippen LogP contribution in [0.25, 0.3) is 16.6 Å². The topological polar surface area (TPSA) is 91.8 Å². The smallest absolute Gasteiger partial charge is 0.250 e. The van der Waals surface area contributed by atoms with Gasteiger partial charge in [0, 0.05) is 17.2 Å². The monoisotopic (exact) mass is 427 g/mol. The number of anilines is 1. The maximum Gasteiger partial charge on any atom is 0.250 e. The summed E-state index contributed by atoms with van der Waals surface area (Å²) in [5.74, 6) is 1.88. The second kappa shape index (κ2) is 9.75. The van der Waals surface area contributed by atoms with Crippen LogP contribution in [-0.2, 0) is 4.79 Å². The second-order valence-corrected chi connectivity index (χ2v) is 6.86. The van der Waals surface area contributed by atoms with Crippen molar-refractivity contribution in [2.45, 2.75) is 0 Å². The summed E-state index contributed by atoms with van der Waals surface area (Å²) in [4.78, 5) is 12.3. The highest BCUT2D eigenvalue weighted by Gasteiger charge is 2.14. The summed E-state index contributed by atoms with van der Waals surface area (Å²) in [5.41, 5.74) is 1.56. The first-order valence-corrected chi connectivity index (χ1v) is 9.67. The number of benzene rings is 2. The highest BCUT2D eigenvalue weighted by molar-refractivity contribution is 7.18. The molecule has 1 amide bonds. The molecular weight excluding hydrogens is 406 g/mol. The van der Waals surface area contributed by atoms with Gasteiger partial charge in [-0.3, -0.25) is 10.1 Å². The van der Waals surface area contributed by atoms with E-state index in [2.05, 4.69) is 15.5 Å². The van der Waals surface area contributed by atoms with Crippen molar-refractivity contribution in [2.75, 3.05) is 33.8 Å². The fraction of sp³-hybridized carbons (Fsp3) is 0.190. The number of hydrogen-bond donors (Lipinski definition) is 1. The minimum atomic E-state index is -0.343. The van der Waals surface area contributed by atoms with Crippen LogP contribution in [0.15, 0.2) is 42.5 Å². The minimum absolute atomic E-state index is 0.343. The Hall–Kier alpha value is -3.59. The lowest BCUT2D eigenvalue weighted by Gasteiger charge is -2.13. The predicted molar refractivity (Wildman–Crippen MR) is 116 cm³/mol. The molecule has 0 fully saturated rings. The third-order valence-corrected chi connectivity index (χ3v) is 5.03. The van der Waals surface area contributed by atoms with Crippen molar-refractivity contribution in [1.82, 2.24) is 10.2 Å². The number of carbonyl (C=O) groups excluding carboxylic acids is 1. The number of methoxy groups -OCH3 is 4. The van der Waals surface area contributed by atoms with Crippen LogP contribution in [0.4, 0.5) is 5.13 Å². The molecule has 156 valence electrons. The molecule has 0 aliphatic rings. The molecule has 1 aromatic heterocycles. The van der Waals surface area contributed by atoms with E-state index in [-0.39, 0.29) is 5.91 Å². The Morgan fingerprint density at radius 1 is 0.900 bits per heavy atom. The number of carbonyl (C=O) groups is 1. The average molecular weight is 427 g/mol. The van der Waals surface area contributed by atoms with E-state index in [4.69, 9.17) is 18.9 Å². The molecule has 9 heteroatoms. The molecule has 0 aliphatic heterocycles. The molecule has 0 saturated heterocycles. The van der Waals surface area contributed by atoms with Crippen LogP contribution in [-0.4, -0.2) is 44.5 Å². The molecule has 0 saturated carbocycles. The molecule has 0 atom stereocenters. The standard InChI is InChI=1S/C21H21N3O5S/c1-26-15-9-5-14(6-10-15)20-23-24-21(30-20)22-17(25)12-8-13-7-11-16(27-2)19(29-4)18(13)28-3/h5-12H,1-4H3,(H,22,24,25)/b12-8+. The van der Waals surface area contributed by atoms with Gasteiger partial charge in [-0.25, -0.2) is 0 Å². The van der Waals surface area contributed by atoms with Gasteiger partial charge in [0.15, 0.2) is 11.5 Å². The average Bonchev–Trinajstić information content (AvgIpc) is 3.25. The largest absolute Gasteiger partial charge is 0.497 e. The molecular formula is C21H21N3O5S. The lowest BCUT2D eigenvalue weighted by atomic mass is 10.1. The Balaban J connectivity index is 1.72. The first kappa shape index (κ1) is 21.1. The van der Waals surface area contributed by atoms with Crippen molar-refractivity contribution >= 4 is 28.5 Å². The van der Waals surface area contributed by atoms with Crippen molar-refractivity contribution in [3.8, 4) is 33.6 Å².